The Hall–Kier alpha value is -1.27. The molecule has 0 fully saturated rings. The number of carbonyl (C=O) groups excluding carboxylic acids is 1. The van der Waals surface area contributed by atoms with E-state index < -0.39 is 18.7 Å². The van der Waals surface area contributed by atoms with Gasteiger partial charge in [0.2, 0.25) is 5.91 Å². The van der Waals surface area contributed by atoms with E-state index in [4.69, 9.17) is 11.6 Å². The third-order valence-corrected chi connectivity index (χ3v) is 2.37. The summed E-state index contributed by atoms with van der Waals surface area (Å²) in [5.74, 6) is -0.626. The predicted molar refractivity (Wildman–Crippen MR) is 59.9 cm³/mol. The number of amides is 1. The number of nitrogens with one attached hydrogen (secondary N) is 1. The number of halogens is 4. The van der Waals surface area contributed by atoms with E-state index in [9.17, 15) is 18.0 Å². The molecule has 0 atom stereocenters. The van der Waals surface area contributed by atoms with Gasteiger partial charge in [-0.1, -0.05) is 29.8 Å². The lowest BCUT2D eigenvalue weighted by Gasteiger charge is -2.08. The van der Waals surface area contributed by atoms with Gasteiger partial charge in [-0.25, -0.2) is 5.48 Å². The van der Waals surface area contributed by atoms with Crippen LogP contribution in [-0.2, 0) is 16.1 Å². The van der Waals surface area contributed by atoms with Crippen molar-refractivity contribution in [2.24, 2.45) is 0 Å². The number of hydrogen-bond acceptors (Lipinski definition) is 2. The maximum absolute atomic E-state index is 11.7. The molecule has 0 unspecified atom stereocenters. The summed E-state index contributed by atoms with van der Waals surface area (Å²) in [5.41, 5.74) is 2.48. The van der Waals surface area contributed by atoms with Crippen LogP contribution in [0, 0.1) is 0 Å². The maximum atomic E-state index is 11.7. The van der Waals surface area contributed by atoms with Crippen molar-refractivity contribution in [2.75, 3.05) is 6.61 Å². The lowest BCUT2D eigenvalue weighted by molar-refractivity contribution is -0.191. The Kier molecular flexibility index (Phi) is 5.43. The van der Waals surface area contributed by atoms with Crippen LogP contribution in [0.25, 0.3) is 0 Å². The van der Waals surface area contributed by atoms with Crippen molar-refractivity contribution >= 4 is 17.5 Å². The molecule has 1 amide bonds. The second-order valence-electron chi connectivity index (χ2n) is 3.52. The SMILES string of the molecule is O=C(CCc1ccccc1Cl)NOCC(F)(F)F. The summed E-state index contributed by atoms with van der Waals surface area (Å²) in [6.45, 7) is -1.51. The van der Waals surface area contributed by atoms with Crippen molar-refractivity contribution in [3.63, 3.8) is 0 Å². The first-order valence-corrected chi connectivity index (χ1v) is 5.47. The fourth-order valence-electron chi connectivity index (χ4n) is 1.20. The lowest BCUT2D eigenvalue weighted by atomic mass is 10.1. The summed E-state index contributed by atoms with van der Waals surface area (Å²) in [5, 5.41) is 0.515. The summed E-state index contributed by atoms with van der Waals surface area (Å²) in [4.78, 5) is 15.2. The molecule has 1 aromatic rings. The zero-order chi connectivity index (χ0) is 13.6. The molecule has 0 aliphatic carbocycles. The number of carbonyl (C=O) groups is 1. The number of hydroxylamine groups is 1. The molecule has 1 rings (SSSR count). The highest BCUT2D eigenvalue weighted by Crippen LogP contribution is 2.16. The van der Waals surface area contributed by atoms with Gasteiger partial charge in [-0.2, -0.15) is 13.2 Å². The molecular formula is C11H11ClF3NO2. The fourth-order valence-corrected chi connectivity index (χ4v) is 1.43. The molecule has 0 bridgehead atoms. The van der Waals surface area contributed by atoms with Crippen molar-refractivity contribution in [2.45, 2.75) is 19.0 Å². The van der Waals surface area contributed by atoms with Crippen molar-refractivity contribution in [1.82, 2.24) is 5.48 Å². The summed E-state index contributed by atoms with van der Waals surface area (Å²) >= 11 is 5.86. The highest BCUT2D eigenvalue weighted by Gasteiger charge is 2.28. The molecule has 0 aliphatic heterocycles. The van der Waals surface area contributed by atoms with Crippen LogP contribution in [0.4, 0.5) is 13.2 Å². The van der Waals surface area contributed by atoms with Crippen LogP contribution in [0.5, 0.6) is 0 Å². The minimum Gasteiger partial charge on any atom is -0.273 e. The molecule has 100 valence electrons. The zero-order valence-corrected chi connectivity index (χ0v) is 10.0. The standard InChI is InChI=1S/C11H11ClF3NO2/c12-9-4-2-1-3-8(9)5-6-10(17)16-18-7-11(13,14)15/h1-4H,5-7H2,(H,16,17). The van der Waals surface area contributed by atoms with Crippen LogP contribution in [0.2, 0.25) is 5.02 Å². The van der Waals surface area contributed by atoms with Crippen LogP contribution in [0.3, 0.4) is 0 Å². The minimum atomic E-state index is -4.46. The fraction of sp³-hybridized carbons (Fsp3) is 0.364. The summed E-state index contributed by atoms with van der Waals surface area (Å²) < 4.78 is 35.1. The molecule has 1 aromatic carbocycles. The number of alkyl halides is 3. The molecule has 0 saturated heterocycles. The third kappa shape index (κ3) is 5.88. The summed E-state index contributed by atoms with van der Waals surface area (Å²) in [6.07, 6.45) is -4.13. The number of aryl methyl sites for hydroxylation is 1. The molecule has 0 spiro atoms. The predicted octanol–water partition coefficient (Wildman–Crippen LogP) is 2.88. The molecule has 18 heavy (non-hydrogen) atoms. The first kappa shape index (κ1) is 14.8. The monoisotopic (exact) mass is 281 g/mol. The zero-order valence-electron chi connectivity index (χ0n) is 9.26. The van der Waals surface area contributed by atoms with E-state index in [0.29, 0.717) is 11.4 Å². The Morgan fingerprint density at radius 3 is 2.61 bits per heavy atom. The van der Waals surface area contributed by atoms with Crippen LogP contribution in [-0.4, -0.2) is 18.7 Å². The number of rotatable bonds is 5. The molecule has 0 aliphatic rings. The van der Waals surface area contributed by atoms with Gasteiger partial charge in [0.05, 0.1) is 0 Å². The first-order chi connectivity index (χ1) is 8.38. The van der Waals surface area contributed by atoms with E-state index in [0.717, 1.165) is 5.56 Å². The lowest BCUT2D eigenvalue weighted by Crippen LogP contribution is -2.29. The van der Waals surface area contributed by atoms with E-state index in [1.54, 1.807) is 29.7 Å². The average molecular weight is 282 g/mol. The van der Waals surface area contributed by atoms with Gasteiger partial charge in [0.25, 0.3) is 0 Å². The highest BCUT2D eigenvalue weighted by atomic mass is 35.5. The molecule has 0 aromatic heterocycles. The summed E-state index contributed by atoms with van der Waals surface area (Å²) in [7, 11) is 0. The van der Waals surface area contributed by atoms with Crippen molar-refractivity contribution < 1.29 is 22.8 Å². The van der Waals surface area contributed by atoms with Gasteiger partial charge in [0.15, 0.2) is 6.61 Å². The topological polar surface area (TPSA) is 38.3 Å². The Bertz CT molecular complexity index is 410. The molecule has 1 N–H and O–H groups in total. The summed E-state index contributed by atoms with van der Waals surface area (Å²) in [6, 6.07) is 6.93. The smallest absolute Gasteiger partial charge is 0.273 e. The van der Waals surface area contributed by atoms with Crippen molar-refractivity contribution in [3.05, 3.63) is 34.9 Å². The largest absolute Gasteiger partial charge is 0.414 e. The Morgan fingerprint density at radius 1 is 1.33 bits per heavy atom. The van der Waals surface area contributed by atoms with Crippen LogP contribution >= 0.6 is 11.6 Å². The highest BCUT2D eigenvalue weighted by molar-refractivity contribution is 6.31. The normalized spacial score (nSPS) is 11.3. The second-order valence-corrected chi connectivity index (χ2v) is 3.93. The number of benzene rings is 1. The maximum Gasteiger partial charge on any atom is 0.414 e. The molecular weight excluding hydrogens is 271 g/mol. The number of hydrogen-bond donors (Lipinski definition) is 1. The third-order valence-electron chi connectivity index (χ3n) is 2.00. The van der Waals surface area contributed by atoms with Crippen LogP contribution < -0.4 is 5.48 Å². The molecule has 0 saturated carbocycles. The van der Waals surface area contributed by atoms with Gasteiger partial charge in [-0.15, -0.1) is 0 Å². The van der Waals surface area contributed by atoms with Gasteiger partial charge >= 0.3 is 6.18 Å². The van der Waals surface area contributed by atoms with E-state index >= 15 is 0 Å². The van der Waals surface area contributed by atoms with Crippen molar-refractivity contribution in [1.29, 1.82) is 0 Å². The molecule has 7 heteroatoms. The van der Waals surface area contributed by atoms with E-state index in [2.05, 4.69) is 4.84 Å². The quantitative estimate of drug-likeness (QED) is 0.843. The van der Waals surface area contributed by atoms with E-state index in [1.165, 1.54) is 0 Å². The van der Waals surface area contributed by atoms with E-state index in [-0.39, 0.29) is 6.42 Å². The minimum absolute atomic E-state index is 0.00158. The van der Waals surface area contributed by atoms with Gasteiger partial charge in [0.1, 0.15) is 0 Å². The average Bonchev–Trinajstić information content (AvgIpc) is 2.26. The first-order valence-electron chi connectivity index (χ1n) is 5.09. The van der Waals surface area contributed by atoms with E-state index in [1.807, 2.05) is 0 Å². The van der Waals surface area contributed by atoms with Crippen LogP contribution in [0.15, 0.2) is 24.3 Å². The Morgan fingerprint density at radius 2 is 2.00 bits per heavy atom. The van der Waals surface area contributed by atoms with Gasteiger partial charge in [-0.05, 0) is 18.1 Å². The van der Waals surface area contributed by atoms with Crippen molar-refractivity contribution in [3.8, 4) is 0 Å². The van der Waals surface area contributed by atoms with Gasteiger partial charge in [-0.3, -0.25) is 9.63 Å². The molecule has 0 radical (unpaired) electrons. The Balaban J connectivity index is 2.28. The second kappa shape index (κ2) is 6.61. The van der Waals surface area contributed by atoms with Crippen LogP contribution in [0.1, 0.15) is 12.0 Å². The van der Waals surface area contributed by atoms with Gasteiger partial charge in [0, 0.05) is 11.4 Å². The molecule has 0 heterocycles. The van der Waals surface area contributed by atoms with Gasteiger partial charge < -0.3 is 0 Å². The molecule has 3 nitrogen and oxygen atoms in total. The Labute approximate surface area is 107 Å².